The number of hydrogen-bond donors (Lipinski definition) is 2. The molecule has 84 valence electrons. The predicted molar refractivity (Wildman–Crippen MR) is 59.0 cm³/mol. The van der Waals surface area contributed by atoms with Gasteiger partial charge in [-0.1, -0.05) is 18.2 Å². The molecule has 0 aliphatic rings. The van der Waals surface area contributed by atoms with Gasteiger partial charge in [0, 0.05) is 24.3 Å². The first-order chi connectivity index (χ1) is 6.66. The van der Waals surface area contributed by atoms with Crippen molar-refractivity contribution >= 4 is 18.1 Å². The maximum atomic E-state index is 10.6. The van der Waals surface area contributed by atoms with Crippen LogP contribution in [-0.4, -0.2) is 16.6 Å². The van der Waals surface area contributed by atoms with E-state index in [9.17, 15) is 10.1 Å². The molecule has 0 amide bonds. The second kappa shape index (κ2) is 6.34. The molecule has 0 aromatic heterocycles. The number of hydrogen-bond acceptors (Lipinski definition) is 4. The van der Waals surface area contributed by atoms with E-state index in [-0.39, 0.29) is 24.7 Å². The van der Waals surface area contributed by atoms with Gasteiger partial charge in [-0.25, -0.2) is 0 Å². The molecule has 0 radical (unpaired) electrons. The number of nitrogens with zero attached hydrogens (tertiary/aromatic N) is 1. The molecule has 0 spiro atoms. The lowest BCUT2D eigenvalue weighted by Crippen LogP contribution is -2.13. The molecule has 3 N–H and O–H groups in total. The summed E-state index contributed by atoms with van der Waals surface area (Å²) < 4.78 is 0. The zero-order valence-corrected chi connectivity index (χ0v) is 8.81. The molecule has 5 nitrogen and oxygen atoms in total. The van der Waals surface area contributed by atoms with Crippen molar-refractivity contribution in [1.82, 2.24) is 0 Å². The van der Waals surface area contributed by atoms with Crippen LogP contribution in [0.5, 0.6) is 0 Å². The monoisotopic (exact) mass is 232 g/mol. The van der Waals surface area contributed by atoms with Gasteiger partial charge in [-0.05, 0) is 6.42 Å². The maximum Gasteiger partial charge on any atom is 0.274 e. The van der Waals surface area contributed by atoms with Crippen LogP contribution in [-0.2, 0) is 0 Å². The molecule has 0 unspecified atom stereocenters. The Kier molecular flexibility index (Phi) is 5.84. The molecule has 0 saturated carbocycles. The molecule has 0 heterocycles. The van der Waals surface area contributed by atoms with Crippen molar-refractivity contribution in [2.45, 2.75) is 12.5 Å². The Morgan fingerprint density at radius 1 is 1.47 bits per heavy atom. The summed E-state index contributed by atoms with van der Waals surface area (Å²) in [7, 11) is 0. The molecular formula is C9H13ClN2O3. The lowest BCUT2D eigenvalue weighted by molar-refractivity contribution is -0.385. The van der Waals surface area contributed by atoms with Crippen LogP contribution >= 0.6 is 12.4 Å². The van der Waals surface area contributed by atoms with Gasteiger partial charge in [0.2, 0.25) is 0 Å². The van der Waals surface area contributed by atoms with Gasteiger partial charge in [0.05, 0.1) is 4.92 Å². The Bertz CT molecular complexity index is 333. The molecule has 1 atom stereocenters. The van der Waals surface area contributed by atoms with E-state index in [4.69, 9.17) is 10.8 Å². The summed E-state index contributed by atoms with van der Waals surface area (Å²) in [5, 5.41) is 19.3. The smallest absolute Gasteiger partial charge is 0.274 e. The first kappa shape index (κ1) is 13.8. The average molecular weight is 233 g/mol. The van der Waals surface area contributed by atoms with E-state index in [0.29, 0.717) is 12.0 Å². The van der Waals surface area contributed by atoms with Crippen molar-refractivity contribution in [3.8, 4) is 0 Å². The van der Waals surface area contributed by atoms with Crippen LogP contribution in [0.1, 0.15) is 18.0 Å². The van der Waals surface area contributed by atoms with Crippen molar-refractivity contribution in [1.29, 1.82) is 0 Å². The summed E-state index contributed by atoms with van der Waals surface area (Å²) in [5.74, 6) is 0. The van der Waals surface area contributed by atoms with Gasteiger partial charge in [0.15, 0.2) is 0 Å². The minimum Gasteiger partial charge on any atom is -0.396 e. The van der Waals surface area contributed by atoms with Crippen LogP contribution in [0, 0.1) is 10.1 Å². The normalized spacial score (nSPS) is 11.6. The van der Waals surface area contributed by atoms with Gasteiger partial charge in [-0.15, -0.1) is 12.4 Å². The second-order valence-corrected chi connectivity index (χ2v) is 2.93. The van der Waals surface area contributed by atoms with E-state index >= 15 is 0 Å². The average Bonchev–Trinajstić information content (AvgIpc) is 2.18. The minimum absolute atomic E-state index is 0. The highest BCUT2D eigenvalue weighted by molar-refractivity contribution is 5.85. The number of rotatable bonds is 4. The van der Waals surface area contributed by atoms with Crippen LogP contribution in [0.25, 0.3) is 0 Å². The molecule has 15 heavy (non-hydrogen) atoms. The van der Waals surface area contributed by atoms with E-state index < -0.39 is 11.0 Å². The number of aliphatic hydroxyl groups excluding tert-OH is 1. The number of nitro benzene ring substituents is 1. The molecule has 0 bridgehead atoms. The fourth-order valence-electron chi connectivity index (χ4n) is 1.26. The van der Waals surface area contributed by atoms with Gasteiger partial charge in [-0.3, -0.25) is 10.1 Å². The van der Waals surface area contributed by atoms with Crippen molar-refractivity contribution in [3.05, 3.63) is 39.9 Å². The predicted octanol–water partition coefficient (Wildman–Crippen LogP) is 1.40. The van der Waals surface area contributed by atoms with E-state index in [0.717, 1.165) is 0 Å². The van der Waals surface area contributed by atoms with E-state index in [1.54, 1.807) is 18.2 Å². The third-order valence-corrected chi connectivity index (χ3v) is 1.97. The SMILES string of the molecule is Cl.N[C@@H](CCO)c1ccccc1[N+](=O)[O-]. The van der Waals surface area contributed by atoms with Crippen LogP contribution < -0.4 is 5.73 Å². The van der Waals surface area contributed by atoms with Crippen molar-refractivity contribution in [2.75, 3.05) is 6.61 Å². The number of nitrogens with two attached hydrogens (primary N) is 1. The highest BCUT2D eigenvalue weighted by atomic mass is 35.5. The third kappa shape index (κ3) is 3.47. The molecule has 0 aliphatic carbocycles. The standard InChI is InChI=1S/C9H12N2O3.ClH/c10-8(5-6-12)7-3-1-2-4-9(7)11(13)14;/h1-4,8,12H,5-6,10H2;1H/t8-;/m0./s1. The molecular weight excluding hydrogens is 220 g/mol. The molecule has 1 rings (SSSR count). The van der Waals surface area contributed by atoms with Gasteiger partial charge >= 0.3 is 0 Å². The van der Waals surface area contributed by atoms with E-state index in [1.807, 2.05) is 0 Å². The summed E-state index contributed by atoms with van der Waals surface area (Å²) in [4.78, 5) is 10.2. The third-order valence-electron chi connectivity index (χ3n) is 1.97. The number of halogens is 1. The van der Waals surface area contributed by atoms with Crippen LogP contribution in [0.15, 0.2) is 24.3 Å². The largest absolute Gasteiger partial charge is 0.396 e. The first-order valence-electron chi connectivity index (χ1n) is 4.26. The molecule has 1 aromatic carbocycles. The number of benzene rings is 1. The fourth-order valence-corrected chi connectivity index (χ4v) is 1.26. The van der Waals surface area contributed by atoms with Gasteiger partial charge in [0.1, 0.15) is 0 Å². The Balaban J connectivity index is 0.00000196. The topological polar surface area (TPSA) is 89.4 Å². The quantitative estimate of drug-likeness (QED) is 0.607. The zero-order chi connectivity index (χ0) is 10.6. The summed E-state index contributed by atoms with van der Waals surface area (Å²) >= 11 is 0. The summed E-state index contributed by atoms with van der Waals surface area (Å²) in [6, 6.07) is 5.82. The lowest BCUT2D eigenvalue weighted by atomic mass is 10.0. The van der Waals surface area contributed by atoms with E-state index in [1.165, 1.54) is 6.07 Å². The van der Waals surface area contributed by atoms with Gasteiger partial charge < -0.3 is 10.8 Å². The Labute approximate surface area is 93.5 Å². The van der Waals surface area contributed by atoms with Crippen LogP contribution in [0.4, 0.5) is 5.69 Å². The molecule has 0 saturated heterocycles. The Hall–Kier alpha value is -1.17. The number of nitro groups is 1. The second-order valence-electron chi connectivity index (χ2n) is 2.93. The summed E-state index contributed by atoms with van der Waals surface area (Å²) in [5.41, 5.74) is 6.15. The molecule has 6 heteroatoms. The van der Waals surface area contributed by atoms with Crippen molar-refractivity contribution in [3.63, 3.8) is 0 Å². The summed E-state index contributed by atoms with van der Waals surface area (Å²) in [6.45, 7) is -0.0762. The van der Waals surface area contributed by atoms with Gasteiger partial charge in [-0.2, -0.15) is 0 Å². The fraction of sp³-hybridized carbons (Fsp3) is 0.333. The Morgan fingerprint density at radius 2 is 2.07 bits per heavy atom. The van der Waals surface area contributed by atoms with Crippen molar-refractivity contribution < 1.29 is 10.0 Å². The molecule has 0 fully saturated rings. The van der Waals surface area contributed by atoms with E-state index in [2.05, 4.69) is 0 Å². The lowest BCUT2D eigenvalue weighted by Gasteiger charge is -2.09. The molecule has 0 aliphatic heterocycles. The van der Waals surface area contributed by atoms with Crippen LogP contribution in [0.3, 0.4) is 0 Å². The number of aliphatic hydroxyl groups is 1. The van der Waals surface area contributed by atoms with Crippen molar-refractivity contribution in [2.24, 2.45) is 5.73 Å². The zero-order valence-electron chi connectivity index (χ0n) is 8.00. The summed E-state index contributed by atoms with van der Waals surface area (Å²) in [6.07, 6.45) is 0.324. The van der Waals surface area contributed by atoms with Crippen LogP contribution in [0.2, 0.25) is 0 Å². The first-order valence-corrected chi connectivity index (χ1v) is 4.26. The molecule has 1 aromatic rings. The minimum atomic E-state index is -0.485. The number of para-hydroxylation sites is 1. The highest BCUT2D eigenvalue weighted by Crippen LogP contribution is 2.24. The Morgan fingerprint density at radius 3 is 2.60 bits per heavy atom. The van der Waals surface area contributed by atoms with Gasteiger partial charge in [0.25, 0.3) is 5.69 Å². The maximum absolute atomic E-state index is 10.6. The highest BCUT2D eigenvalue weighted by Gasteiger charge is 2.17.